The summed E-state index contributed by atoms with van der Waals surface area (Å²) < 4.78 is 0. The number of benzene rings is 9. The SMILES string of the molecule is c1ccc2c(c1)-c1cccc3c(-c4ccc5ccc(-c6ccc7ccc8cccc9ccc6c7c89)cc5c4)ccc-2c13. The fourth-order valence-corrected chi connectivity index (χ4v) is 7.63. The molecule has 0 aliphatic heterocycles. The van der Waals surface area contributed by atoms with Gasteiger partial charge in [-0.2, -0.15) is 0 Å². The van der Waals surface area contributed by atoms with E-state index in [0.29, 0.717) is 0 Å². The van der Waals surface area contributed by atoms with Gasteiger partial charge in [0.1, 0.15) is 0 Å². The molecule has 0 fully saturated rings. The van der Waals surface area contributed by atoms with Crippen LogP contribution in [0.25, 0.3) is 98.4 Å². The van der Waals surface area contributed by atoms with Crippen LogP contribution in [-0.4, -0.2) is 0 Å². The van der Waals surface area contributed by atoms with E-state index in [1.807, 2.05) is 0 Å². The Kier molecular flexibility index (Phi) is 4.27. The Balaban J connectivity index is 1.17. The Morgan fingerprint density at radius 3 is 1.48 bits per heavy atom. The minimum absolute atomic E-state index is 1.26. The van der Waals surface area contributed by atoms with Crippen molar-refractivity contribution in [3.8, 4) is 44.5 Å². The lowest BCUT2D eigenvalue weighted by molar-refractivity contribution is 1.67. The van der Waals surface area contributed by atoms with Crippen LogP contribution in [0.15, 0.2) is 146 Å². The predicted molar refractivity (Wildman–Crippen MR) is 180 cm³/mol. The third kappa shape index (κ3) is 2.91. The molecule has 0 bridgehead atoms. The average Bonchev–Trinajstić information content (AvgIpc) is 3.38. The van der Waals surface area contributed by atoms with Gasteiger partial charge in [0.05, 0.1) is 0 Å². The molecule has 9 aromatic rings. The van der Waals surface area contributed by atoms with Crippen molar-refractivity contribution in [2.75, 3.05) is 0 Å². The summed E-state index contributed by atoms with van der Waals surface area (Å²) in [5.74, 6) is 0. The fraction of sp³-hybridized carbons (Fsp3) is 0. The molecule has 0 nitrogen and oxygen atoms in total. The minimum atomic E-state index is 1.26. The second-order valence-corrected chi connectivity index (χ2v) is 11.7. The molecule has 0 atom stereocenters. The maximum absolute atomic E-state index is 2.38. The van der Waals surface area contributed by atoms with E-state index in [1.54, 1.807) is 0 Å². The van der Waals surface area contributed by atoms with Crippen molar-refractivity contribution in [3.63, 3.8) is 0 Å². The average molecular weight is 529 g/mol. The van der Waals surface area contributed by atoms with Gasteiger partial charge in [-0.25, -0.2) is 0 Å². The third-order valence-corrected chi connectivity index (χ3v) is 9.54. The van der Waals surface area contributed by atoms with E-state index in [9.17, 15) is 0 Å². The largest absolute Gasteiger partial charge is 0.0616 e. The maximum atomic E-state index is 2.38. The second-order valence-electron chi connectivity index (χ2n) is 11.7. The van der Waals surface area contributed by atoms with Crippen molar-refractivity contribution in [2.24, 2.45) is 0 Å². The molecule has 42 heavy (non-hydrogen) atoms. The third-order valence-electron chi connectivity index (χ3n) is 9.54. The van der Waals surface area contributed by atoms with E-state index < -0.39 is 0 Å². The summed E-state index contributed by atoms with van der Waals surface area (Å²) in [5.41, 5.74) is 10.5. The molecular formula is C42H24. The zero-order valence-electron chi connectivity index (χ0n) is 22.9. The lowest BCUT2D eigenvalue weighted by Crippen LogP contribution is -1.88. The Morgan fingerprint density at radius 1 is 0.238 bits per heavy atom. The first-order chi connectivity index (χ1) is 20.8. The Hall–Kier alpha value is -5.46. The van der Waals surface area contributed by atoms with Gasteiger partial charge in [0, 0.05) is 0 Å². The highest BCUT2D eigenvalue weighted by Gasteiger charge is 2.22. The van der Waals surface area contributed by atoms with E-state index in [-0.39, 0.29) is 0 Å². The summed E-state index contributed by atoms with van der Waals surface area (Å²) in [6, 6.07) is 54.3. The van der Waals surface area contributed by atoms with Gasteiger partial charge in [0.2, 0.25) is 0 Å². The lowest BCUT2D eigenvalue weighted by atomic mass is 9.89. The van der Waals surface area contributed by atoms with Crippen LogP contribution in [0.1, 0.15) is 0 Å². The molecule has 0 saturated carbocycles. The van der Waals surface area contributed by atoms with E-state index in [1.165, 1.54) is 98.4 Å². The summed E-state index contributed by atoms with van der Waals surface area (Å²) in [6.45, 7) is 0. The quantitative estimate of drug-likeness (QED) is 0.196. The fourth-order valence-electron chi connectivity index (χ4n) is 7.63. The second kappa shape index (κ2) is 8.06. The van der Waals surface area contributed by atoms with E-state index in [4.69, 9.17) is 0 Å². The van der Waals surface area contributed by atoms with Crippen molar-refractivity contribution in [3.05, 3.63) is 146 Å². The van der Waals surface area contributed by atoms with Gasteiger partial charge in [-0.3, -0.25) is 0 Å². The van der Waals surface area contributed by atoms with Crippen LogP contribution in [0.3, 0.4) is 0 Å². The van der Waals surface area contributed by atoms with Gasteiger partial charge in [-0.1, -0.05) is 133 Å². The van der Waals surface area contributed by atoms with Gasteiger partial charge < -0.3 is 0 Å². The van der Waals surface area contributed by atoms with Crippen LogP contribution in [0.5, 0.6) is 0 Å². The Labute approximate surface area is 243 Å². The zero-order chi connectivity index (χ0) is 27.4. The van der Waals surface area contributed by atoms with Crippen molar-refractivity contribution >= 4 is 53.9 Å². The summed E-state index contributed by atoms with van der Waals surface area (Å²) in [5, 5.41) is 13.2. The Morgan fingerprint density at radius 2 is 0.738 bits per heavy atom. The molecule has 0 saturated heterocycles. The molecule has 192 valence electrons. The standard InChI is InChI=1S/C42H24/c1-2-8-35-34(7-1)37-10-4-9-36-33(21-22-39(35)42(36)37)30-16-12-25-11-15-29(23-31(25)24-30)32-19-17-28-14-13-26-5-3-6-27-18-20-38(32)41(28)40(26)27/h1-24H. The highest BCUT2D eigenvalue weighted by molar-refractivity contribution is 6.25. The molecule has 1 aliphatic carbocycles. The first-order valence-electron chi connectivity index (χ1n) is 14.7. The molecule has 0 aromatic heterocycles. The van der Waals surface area contributed by atoms with Crippen LogP contribution in [-0.2, 0) is 0 Å². The summed E-state index contributed by atoms with van der Waals surface area (Å²) in [6.07, 6.45) is 0. The highest BCUT2D eigenvalue weighted by atomic mass is 14.2. The maximum Gasteiger partial charge on any atom is -0.00201 e. The van der Waals surface area contributed by atoms with E-state index in [2.05, 4.69) is 146 Å². The van der Waals surface area contributed by atoms with Crippen molar-refractivity contribution in [2.45, 2.75) is 0 Å². The predicted octanol–water partition coefficient (Wildman–Crippen LogP) is 11.9. The van der Waals surface area contributed by atoms with Crippen LogP contribution in [0, 0.1) is 0 Å². The number of fused-ring (bicyclic) bond motifs is 4. The molecular weight excluding hydrogens is 504 g/mol. The highest BCUT2D eigenvalue weighted by Crippen LogP contribution is 2.49. The topological polar surface area (TPSA) is 0 Å². The molecule has 0 unspecified atom stereocenters. The normalized spacial score (nSPS) is 12.3. The number of hydrogen-bond acceptors (Lipinski definition) is 0. The van der Waals surface area contributed by atoms with Gasteiger partial charge in [0.15, 0.2) is 0 Å². The molecule has 0 N–H and O–H groups in total. The van der Waals surface area contributed by atoms with Gasteiger partial charge >= 0.3 is 0 Å². The number of rotatable bonds is 2. The first-order valence-corrected chi connectivity index (χ1v) is 14.7. The molecule has 1 aliphatic rings. The van der Waals surface area contributed by atoms with Crippen molar-refractivity contribution in [1.29, 1.82) is 0 Å². The lowest BCUT2D eigenvalue weighted by Gasteiger charge is -2.15. The van der Waals surface area contributed by atoms with Crippen LogP contribution >= 0.6 is 0 Å². The molecule has 0 spiro atoms. The van der Waals surface area contributed by atoms with Gasteiger partial charge in [-0.05, 0) is 111 Å². The van der Waals surface area contributed by atoms with Crippen molar-refractivity contribution in [1.82, 2.24) is 0 Å². The molecule has 0 radical (unpaired) electrons. The molecule has 10 rings (SSSR count). The van der Waals surface area contributed by atoms with E-state index in [0.717, 1.165) is 0 Å². The van der Waals surface area contributed by atoms with Crippen LogP contribution < -0.4 is 0 Å². The minimum Gasteiger partial charge on any atom is -0.0616 e. The first kappa shape index (κ1) is 22.3. The molecule has 9 aromatic carbocycles. The molecule has 0 amide bonds. The summed E-state index contributed by atoms with van der Waals surface area (Å²) >= 11 is 0. The molecule has 0 heterocycles. The van der Waals surface area contributed by atoms with Crippen LogP contribution in [0.2, 0.25) is 0 Å². The van der Waals surface area contributed by atoms with Gasteiger partial charge in [0.25, 0.3) is 0 Å². The smallest absolute Gasteiger partial charge is 0.00201 e. The monoisotopic (exact) mass is 528 g/mol. The zero-order valence-corrected chi connectivity index (χ0v) is 22.9. The van der Waals surface area contributed by atoms with Crippen molar-refractivity contribution < 1.29 is 0 Å². The van der Waals surface area contributed by atoms with Crippen LogP contribution in [0.4, 0.5) is 0 Å². The summed E-state index contributed by atoms with van der Waals surface area (Å²) in [4.78, 5) is 0. The molecule has 0 heteroatoms. The summed E-state index contributed by atoms with van der Waals surface area (Å²) in [7, 11) is 0. The van der Waals surface area contributed by atoms with Gasteiger partial charge in [-0.15, -0.1) is 0 Å². The number of hydrogen-bond donors (Lipinski definition) is 0. The Bertz CT molecular complexity index is 2520. The van der Waals surface area contributed by atoms with E-state index >= 15 is 0 Å².